The summed E-state index contributed by atoms with van der Waals surface area (Å²) in [5, 5.41) is 8.61. The number of hydrogen-bond acceptors (Lipinski definition) is 2. The Morgan fingerprint density at radius 1 is 1.40 bits per heavy atom. The minimum absolute atomic E-state index is 0.369. The third-order valence-corrected chi connectivity index (χ3v) is 4.07. The molecule has 3 heteroatoms. The number of carbonyl (C=O) groups is 1. The zero-order valence-electron chi connectivity index (χ0n) is 9.48. The van der Waals surface area contributed by atoms with Crippen LogP contribution in [0, 0.1) is 17.8 Å². The van der Waals surface area contributed by atoms with Crippen molar-refractivity contribution >= 4 is 5.97 Å². The second-order valence-corrected chi connectivity index (χ2v) is 5.23. The standard InChI is InChI=1S/C12H21NO2/c1-13-6-4-9(5-7-13)11-8-10(11)2-3-12(14)15/h9-11H,2-8H2,1H3,(H,14,15). The van der Waals surface area contributed by atoms with Crippen LogP contribution in [-0.4, -0.2) is 36.1 Å². The summed E-state index contributed by atoms with van der Waals surface area (Å²) in [6.07, 6.45) is 5.22. The van der Waals surface area contributed by atoms with Crippen LogP contribution in [0.2, 0.25) is 0 Å². The molecular formula is C12H21NO2. The maximum absolute atomic E-state index is 10.5. The molecule has 0 amide bonds. The van der Waals surface area contributed by atoms with Gasteiger partial charge in [-0.3, -0.25) is 4.79 Å². The second kappa shape index (κ2) is 4.52. The molecule has 1 N–H and O–H groups in total. The van der Waals surface area contributed by atoms with Crippen molar-refractivity contribution in [2.24, 2.45) is 17.8 Å². The SMILES string of the molecule is CN1CCC(C2CC2CCC(=O)O)CC1. The largest absolute Gasteiger partial charge is 0.481 e. The van der Waals surface area contributed by atoms with Gasteiger partial charge in [0.1, 0.15) is 0 Å². The van der Waals surface area contributed by atoms with Gasteiger partial charge < -0.3 is 10.0 Å². The molecule has 1 aliphatic carbocycles. The first-order valence-electron chi connectivity index (χ1n) is 6.07. The smallest absolute Gasteiger partial charge is 0.303 e. The van der Waals surface area contributed by atoms with Gasteiger partial charge in [-0.05, 0) is 63.6 Å². The summed E-state index contributed by atoms with van der Waals surface area (Å²) in [6, 6.07) is 0. The third kappa shape index (κ3) is 2.94. The van der Waals surface area contributed by atoms with Gasteiger partial charge in [0.15, 0.2) is 0 Å². The molecule has 15 heavy (non-hydrogen) atoms. The summed E-state index contributed by atoms with van der Waals surface area (Å²) >= 11 is 0. The minimum atomic E-state index is -0.635. The summed E-state index contributed by atoms with van der Waals surface area (Å²) in [7, 11) is 2.19. The van der Waals surface area contributed by atoms with Gasteiger partial charge in [-0.2, -0.15) is 0 Å². The third-order valence-electron chi connectivity index (χ3n) is 4.07. The monoisotopic (exact) mass is 211 g/mol. The van der Waals surface area contributed by atoms with E-state index in [2.05, 4.69) is 11.9 Å². The predicted octanol–water partition coefficient (Wildman–Crippen LogP) is 1.83. The Kier molecular flexibility index (Phi) is 3.29. The molecule has 86 valence electrons. The molecule has 2 aliphatic rings. The molecule has 0 radical (unpaired) electrons. The van der Waals surface area contributed by atoms with Crippen molar-refractivity contribution in [3.63, 3.8) is 0 Å². The summed E-state index contributed by atoms with van der Waals surface area (Å²) in [5.41, 5.74) is 0. The lowest BCUT2D eigenvalue weighted by Crippen LogP contribution is -2.31. The Morgan fingerprint density at radius 2 is 2.07 bits per heavy atom. The molecule has 1 aliphatic heterocycles. The molecule has 2 fully saturated rings. The van der Waals surface area contributed by atoms with Gasteiger partial charge in [-0.1, -0.05) is 0 Å². The lowest BCUT2D eigenvalue weighted by Gasteiger charge is -2.29. The first-order chi connectivity index (χ1) is 7.16. The Hall–Kier alpha value is -0.570. The van der Waals surface area contributed by atoms with Crippen molar-refractivity contribution in [2.75, 3.05) is 20.1 Å². The number of aliphatic carboxylic acids is 1. The van der Waals surface area contributed by atoms with Crippen molar-refractivity contribution < 1.29 is 9.90 Å². The van der Waals surface area contributed by atoms with Crippen LogP contribution in [0.1, 0.15) is 32.1 Å². The average Bonchev–Trinajstić information content (AvgIpc) is 2.95. The molecule has 1 heterocycles. The number of nitrogens with zero attached hydrogens (tertiary/aromatic N) is 1. The van der Waals surface area contributed by atoms with Crippen LogP contribution < -0.4 is 0 Å². The summed E-state index contributed by atoms with van der Waals surface area (Å²) in [6.45, 7) is 2.46. The first-order valence-corrected chi connectivity index (χ1v) is 6.07. The molecule has 2 unspecified atom stereocenters. The summed E-state index contributed by atoms with van der Waals surface area (Å²) in [5.74, 6) is 1.84. The average molecular weight is 211 g/mol. The zero-order valence-corrected chi connectivity index (χ0v) is 9.48. The van der Waals surface area contributed by atoms with E-state index < -0.39 is 5.97 Å². The number of carboxylic acid groups (broad SMARTS) is 1. The van der Waals surface area contributed by atoms with E-state index in [1.165, 1.54) is 32.4 Å². The second-order valence-electron chi connectivity index (χ2n) is 5.23. The van der Waals surface area contributed by atoms with Crippen molar-refractivity contribution in [3.8, 4) is 0 Å². The van der Waals surface area contributed by atoms with Crippen molar-refractivity contribution in [2.45, 2.75) is 32.1 Å². The quantitative estimate of drug-likeness (QED) is 0.771. The van der Waals surface area contributed by atoms with Crippen LogP contribution in [0.5, 0.6) is 0 Å². The van der Waals surface area contributed by atoms with Crippen molar-refractivity contribution in [3.05, 3.63) is 0 Å². The molecular weight excluding hydrogens is 190 g/mol. The maximum atomic E-state index is 10.5. The van der Waals surface area contributed by atoms with E-state index in [9.17, 15) is 4.79 Å². The predicted molar refractivity (Wildman–Crippen MR) is 58.7 cm³/mol. The van der Waals surface area contributed by atoms with E-state index in [0.29, 0.717) is 6.42 Å². The highest BCUT2D eigenvalue weighted by Crippen LogP contribution is 2.50. The fourth-order valence-corrected chi connectivity index (χ4v) is 2.95. The van der Waals surface area contributed by atoms with E-state index in [1.807, 2.05) is 0 Å². The molecule has 0 spiro atoms. The number of carboxylic acids is 1. The van der Waals surface area contributed by atoms with Crippen LogP contribution in [0.25, 0.3) is 0 Å². The van der Waals surface area contributed by atoms with E-state index in [4.69, 9.17) is 5.11 Å². The van der Waals surface area contributed by atoms with Crippen LogP contribution in [-0.2, 0) is 4.79 Å². The highest BCUT2D eigenvalue weighted by molar-refractivity contribution is 5.66. The Bertz CT molecular complexity index is 234. The Morgan fingerprint density at radius 3 is 2.67 bits per heavy atom. The summed E-state index contributed by atoms with van der Waals surface area (Å²) in [4.78, 5) is 12.8. The van der Waals surface area contributed by atoms with Gasteiger partial charge in [0, 0.05) is 6.42 Å². The molecule has 3 nitrogen and oxygen atoms in total. The van der Waals surface area contributed by atoms with Gasteiger partial charge in [0.05, 0.1) is 0 Å². The molecule has 2 atom stereocenters. The van der Waals surface area contributed by atoms with E-state index in [-0.39, 0.29) is 0 Å². The zero-order chi connectivity index (χ0) is 10.8. The van der Waals surface area contributed by atoms with Gasteiger partial charge in [0.2, 0.25) is 0 Å². The van der Waals surface area contributed by atoms with Gasteiger partial charge in [-0.25, -0.2) is 0 Å². The van der Waals surface area contributed by atoms with Gasteiger partial charge >= 0.3 is 5.97 Å². The highest BCUT2D eigenvalue weighted by atomic mass is 16.4. The molecule has 1 saturated heterocycles. The van der Waals surface area contributed by atoms with Crippen molar-refractivity contribution in [1.82, 2.24) is 4.90 Å². The number of piperidine rings is 1. The summed E-state index contributed by atoms with van der Waals surface area (Å²) < 4.78 is 0. The number of rotatable bonds is 4. The molecule has 0 aromatic heterocycles. The topological polar surface area (TPSA) is 40.5 Å². The Balaban J connectivity index is 1.67. The van der Waals surface area contributed by atoms with E-state index in [0.717, 1.165) is 24.2 Å². The van der Waals surface area contributed by atoms with Crippen LogP contribution in [0.3, 0.4) is 0 Å². The maximum Gasteiger partial charge on any atom is 0.303 e. The molecule has 2 rings (SSSR count). The fraction of sp³-hybridized carbons (Fsp3) is 0.917. The lowest BCUT2D eigenvalue weighted by molar-refractivity contribution is -0.137. The van der Waals surface area contributed by atoms with Gasteiger partial charge in [0.25, 0.3) is 0 Å². The van der Waals surface area contributed by atoms with Gasteiger partial charge in [-0.15, -0.1) is 0 Å². The molecule has 0 bridgehead atoms. The van der Waals surface area contributed by atoms with E-state index in [1.54, 1.807) is 0 Å². The van der Waals surface area contributed by atoms with Crippen molar-refractivity contribution in [1.29, 1.82) is 0 Å². The Labute approximate surface area is 91.5 Å². The molecule has 1 saturated carbocycles. The molecule has 0 aromatic rings. The number of likely N-dealkylation sites (tertiary alicyclic amines) is 1. The highest BCUT2D eigenvalue weighted by Gasteiger charge is 2.42. The van der Waals surface area contributed by atoms with Crippen LogP contribution >= 0.6 is 0 Å². The lowest BCUT2D eigenvalue weighted by atomic mass is 9.90. The fourth-order valence-electron chi connectivity index (χ4n) is 2.95. The molecule has 0 aromatic carbocycles. The number of hydrogen-bond donors (Lipinski definition) is 1. The normalized spacial score (nSPS) is 32.9. The van der Waals surface area contributed by atoms with Crippen LogP contribution in [0.15, 0.2) is 0 Å². The minimum Gasteiger partial charge on any atom is -0.481 e. The van der Waals surface area contributed by atoms with E-state index >= 15 is 0 Å². The first kappa shape index (κ1) is 10.9. The van der Waals surface area contributed by atoms with Crippen LogP contribution in [0.4, 0.5) is 0 Å².